The van der Waals surface area contributed by atoms with Crippen LogP contribution in [-0.4, -0.2) is 54.6 Å². The van der Waals surface area contributed by atoms with Crippen LogP contribution in [0.15, 0.2) is 0 Å². The molecule has 6 heteroatoms. The maximum atomic E-state index is 13.1. The zero-order valence-corrected chi connectivity index (χ0v) is 34.6. The van der Waals surface area contributed by atoms with Gasteiger partial charge in [-0.3, -0.25) is 9.59 Å². The van der Waals surface area contributed by atoms with Crippen LogP contribution in [0.4, 0.5) is 4.79 Å². The Balaban J connectivity index is 4.27. The summed E-state index contributed by atoms with van der Waals surface area (Å²) in [4.78, 5) is 27.7. The number of carbonyl (C=O) groups is 2. The second-order valence-electron chi connectivity index (χ2n) is 15.1. The number of hydrogen-bond donors (Lipinski definition) is 1. The van der Waals surface area contributed by atoms with Gasteiger partial charge in [0, 0.05) is 31.3 Å². The first-order valence-corrected chi connectivity index (χ1v) is 22.7. The molecule has 0 bridgehead atoms. The van der Waals surface area contributed by atoms with Crippen LogP contribution in [0.3, 0.4) is 0 Å². The predicted molar refractivity (Wildman–Crippen MR) is 218 cm³/mol. The van der Waals surface area contributed by atoms with Crippen LogP contribution in [0.25, 0.3) is 0 Å². The van der Waals surface area contributed by atoms with Crippen LogP contribution in [0.5, 0.6) is 0 Å². The van der Waals surface area contributed by atoms with Gasteiger partial charge >= 0.3 is 5.97 Å². The summed E-state index contributed by atoms with van der Waals surface area (Å²) in [6.07, 6.45) is 37.4. The molecule has 0 aliphatic carbocycles. The van der Waals surface area contributed by atoms with Crippen molar-refractivity contribution in [3.63, 3.8) is 0 Å². The van der Waals surface area contributed by atoms with E-state index in [4.69, 9.17) is 4.74 Å². The van der Waals surface area contributed by atoms with Crippen molar-refractivity contribution in [2.75, 3.05) is 32.5 Å². The van der Waals surface area contributed by atoms with E-state index in [9.17, 15) is 9.59 Å². The Labute approximate surface area is 311 Å². The molecule has 0 aromatic heterocycles. The van der Waals surface area contributed by atoms with Crippen molar-refractivity contribution in [3.8, 4) is 0 Å². The average molecular weight is 711 g/mol. The Hall–Kier alpha value is -0.750. The second kappa shape index (κ2) is 38.5. The number of thioether (sulfide) groups is 1. The van der Waals surface area contributed by atoms with E-state index in [0.717, 1.165) is 57.4 Å². The summed E-state index contributed by atoms with van der Waals surface area (Å²) in [5, 5.41) is 3.49. The summed E-state index contributed by atoms with van der Waals surface area (Å²) in [6, 6.07) is 0.339. The molecular formula is C43H86N2O3S. The van der Waals surface area contributed by atoms with Gasteiger partial charge in [-0.25, -0.2) is 0 Å². The quantitative estimate of drug-likeness (QED) is 0.0510. The highest BCUT2D eigenvalue weighted by molar-refractivity contribution is 8.13. The van der Waals surface area contributed by atoms with E-state index < -0.39 is 0 Å². The fraction of sp³-hybridized carbons (Fsp3) is 0.953. The summed E-state index contributed by atoms with van der Waals surface area (Å²) in [5.41, 5.74) is 0. The number of hydrogen-bond acceptors (Lipinski definition) is 5. The second-order valence-corrected chi connectivity index (χ2v) is 16.1. The first-order valence-electron chi connectivity index (χ1n) is 21.7. The van der Waals surface area contributed by atoms with Gasteiger partial charge in [-0.15, -0.1) is 0 Å². The SMILES string of the molecule is CCCCCCCCCCCCCCN(CCCCCCCC(=O)OCC(CCCCCCC)CCCCCCC)C(=O)SCC(C)NC. The monoisotopic (exact) mass is 711 g/mol. The van der Waals surface area contributed by atoms with E-state index in [1.807, 2.05) is 7.05 Å². The van der Waals surface area contributed by atoms with E-state index in [1.54, 1.807) is 0 Å². The number of esters is 1. The first-order chi connectivity index (χ1) is 24.0. The van der Waals surface area contributed by atoms with Crippen LogP contribution >= 0.6 is 11.8 Å². The Kier molecular flexibility index (Phi) is 37.9. The topological polar surface area (TPSA) is 58.6 Å². The summed E-state index contributed by atoms with van der Waals surface area (Å²) >= 11 is 1.47. The third-order valence-corrected chi connectivity index (χ3v) is 11.4. The molecule has 0 aliphatic heterocycles. The summed E-state index contributed by atoms with van der Waals surface area (Å²) in [6.45, 7) is 11.3. The van der Waals surface area contributed by atoms with Crippen molar-refractivity contribution in [3.05, 3.63) is 0 Å². The zero-order valence-electron chi connectivity index (χ0n) is 33.8. The van der Waals surface area contributed by atoms with E-state index in [1.165, 1.54) is 159 Å². The predicted octanol–water partition coefficient (Wildman–Crippen LogP) is 13.7. The fourth-order valence-electron chi connectivity index (χ4n) is 6.58. The normalized spacial score (nSPS) is 12.1. The van der Waals surface area contributed by atoms with Gasteiger partial charge in [0.1, 0.15) is 0 Å². The molecule has 1 amide bonds. The van der Waals surface area contributed by atoms with Crippen LogP contribution in [0.1, 0.15) is 220 Å². The smallest absolute Gasteiger partial charge is 0.305 e. The Morgan fingerprint density at radius 3 is 1.39 bits per heavy atom. The Bertz CT molecular complexity index is 693. The molecule has 1 unspecified atom stereocenters. The van der Waals surface area contributed by atoms with Crippen molar-refractivity contribution < 1.29 is 14.3 Å². The minimum absolute atomic E-state index is 0.00558. The van der Waals surface area contributed by atoms with E-state index in [-0.39, 0.29) is 11.2 Å². The van der Waals surface area contributed by atoms with Gasteiger partial charge in [0.2, 0.25) is 0 Å². The molecule has 0 rings (SSSR count). The van der Waals surface area contributed by atoms with Gasteiger partial charge in [-0.2, -0.15) is 0 Å². The van der Waals surface area contributed by atoms with Gasteiger partial charge < -0.3 is 15.0 Å². The molecule has 0 fully saturated rings. The van der Waals surface area contributed by atoms with Gasteiger partial charge in [0.05, 0.1) is 6.61 Å². The number of unbranched alkanes of at least 4 members (excludes halogenated alkanes) is 23. The Morgan fingerprint density at radius 2 is 0.959 bits per heavy atom. The van der Waals surface area contributed by atoms with Crippen molar-refractivity contribution in [1.29, 1.82) is 0 Å². The number of carbonyl (C=O) groups excluding carboxylic acids is 2. The van der Waals surface area contributed by atoms with Crippen molar-refractivity contribution >= 4 is 23.0 Å². The molecule has 1 N–H and O–H groups in total. The highest BCUT2D eigenvalue weighted by Gasteiger charge is 2.15. The molecule has 49 heavy (non-hydrogen) atoms. The minimum atomic E-state index is -0.00558. The number of rotatable bonds is 38. The molecule has 0 saturated heterocycles. The zero-order chi connectivity index (χ0) is 36.0. The molecular weight excluding hydrogens is 625 g/mol. The van der Waals surface area contributed by atoms with E-state index in [0.29, 0.717) is 25.0 Å². The molecule has 292 valence electrons. The minimum Gasteiger partial charge on any atom is -0.465 e. The molecule has 0 saturated carbocycles. The number of amides is 1. The van der Waals surface area contributed by atoms with E-state index in [2.05, 4.69) is 37.9 Å². The van der Waals surface area contributed by atoms with Crippen LogP contribution in [0.2, 0.25) is 0 Å². The lowest BCUT2D eigenvalue weighted by Gasteiger charge is -2.23. The van der Waals surface area contributed by atoms with Gasteiger partial charge in [-0.05, 0) is 52.0 Å². The lowest BCUT2D eigenvalue weighted by molar-refractivity contribution is -0.145. The van der Waals surface area contributed by atoms with Crippen LogP contribution < -0.4 is 5.32 Å². The lowest BCUT2D eigenvalue weighted by Crippen LogP contribution is -2.32. The summed E-state index contributed by atoms with van der Waals surface area (Å²) < 4.78 is 5.80. The number of nitrogens with one attached hydrogen (secondary N) is 1. The lowest BCUT2D eigenvalue weighted by atomic mass is 9.95. The van der Waals surface area contributed by atoms with Gasteiger partial charge in [0.25, 0.3) is 5.24 Å². The third kappa shape index (κ3) is 34.1. The number of nitrogens with zero attached hydrogens (tertiary/aromatic N) is 1. The van der Waals surface area contributed by atoms with E-state index >= 15 is 0 Å². The molecule has 5 nitrogen and oxygen atoms in total. The molecule has 0 aliphatic rings. The van der Waals surface area contributed by atoms with Gasteiger partial charge in [0.15, 0.2) is 0 Å². The van der Waals surface area contributed by atoms with Crippen LogP contribution in [-0.2, 0) is 9.53 Å². The molecule has 0 aromatic carbocycles. The summed E-state index contributed by atoms with van der Waals surface area (Å²) in [5.74, 6) is 1.35. The van der Waals surface area contributed by atoms with Gasteiger partial charge in [-0.1, -0.05) is 187 Å². The van der Waals surface area contributed by atoms with Crippen LogP contribution in [0, 0.1) is 5.92 Å². The molecule has 0 heterocycles. The number of ether oxygens (including phenoxy) is 1. The third-order valence-electron chi connectivity index (χ3n) is 10.2. The Morgan fingerprint density at radius 1 is 0.571 bits per heavy atom. The fourth-order valence-corrected chi connectivity index (χ4v) is 7.50. The van der Waals surface area contributed by atoms with Crippen molar-refractivity contribution in [2.45, 2.75) is 226 Å². The molecule has 0 radical (unpaired) electrons. The summed E-state index contributed by atoms with van der Waals surface area (Å²) in [7, 11) is 1.96. The molecule has 0 aromatic rings. The first kappa shape index (κ1) is 48.2. The maximum absolute atomic E-state index is 13.1. The molecule has 0 spiro atoms. The molecule has 1 atom stereocenters. The average Bonchev–Trinajstić information content (AvgIpc) is 3.11. The highest BCUT2D eigenvalue weighted by Crippen LogP contribution is 2.21. The van der Waals surface area contributed by atoms with Crippen molar-refractivity contribution in [2.24, 2.45) is 5.92 Å². The largest absolute Gasteiger partial charge is 0.465 e. The maximum Gasteiger partial charge on any atom is 0.305 e. The highest BCUT2D eigenvalue weighted by atomic mass is 32.2. The standard InChI is InChI=1S/C43H86N2O3S/c1-6-9-12-15-16-17-18-19-20-21-26-31-36-45(43(47)49-39-40(4)44-5)37-32-27-22-25-30-35-42(46)48-38-41(33-28-23-13-10-7-2)34-29-24-14-11-8-3/h40-41,44H,6-39H2,1-5H3. The van der Waals surface area contributed by atoms with Crippen molar-refractivity contribution in [1.82, 2.24) is 10.2 Å².